The molecule has 0 aliphatic carbocycles. The van der Waals surface area contributed by atoms with Crippen molar-refractivity contribution >= 4 is 11.3 Å². The molecular formula is C14H13FN2S. The third-order valence-electron chi connectivity index (χ3n) is 2.73. The summed E-state index contributed by atoms with van der Waals surface area (Å²) in [6.07, 6.45) is 0. The van der Waals surface area contributed by atoms with Crippen LogP contribution in [-0.4, -0.2) is 4.98 Å². The third kappa shape index (κ3) is 2.57. The van der Waals surface area contributed by atoms with Gasteiger partial charge < -0.3 is 0 Å². The number of hydrogen-bond acceptors (Lipinski definition) is 3. The lowest BCUT2D eigenvalue weighted by Crippen LogP contribution is -2.03. The van der Waals surface area contributed by atoms with Crippen molar-refractivity contribution in [1.29, 1.82) is 5.26 Å². The molecule has 18 heavy (non-hydrogen) atoms. The topological polar surface area (TPSA) is 36.7 Å². The zero-order chi connectivity index (χ0) is 13.1. The summed E-state index contributed by atoms with van der Waals surface area (Å²) in [5, 5.41) is 11.9. The molecule has 2 nitrogen and oxygen atoms in total. The van der Waals surface area contributed by atoms with E-state index in [-0.39, 0.29) is 17.7 Å². The minimum absolute atomic E-state index is 0.177. The van der Waals surface area contributed by atoms with Gasteiger partial charge in [-0.25, -0.2) is 9.37 Å². The predicted molar refractivity (Wildman–Crippen MR) is 70.7 cm³/mol. The fraction of sp³-hybridized carbons (Fsp3) is 0.286. The first-order valence-corrected chi connectivity index (χ1v) is 6.60. The van der Waals surface area contributed by atoms with Gasteiger partial charge in [0.25, 0.3) is 0 Å². The SMILES string of the molecule is CC(C)C(C#N)c1nc(-c2ccc(F)cc2)cs1. The van der Waals surface area contributed by atoms with E-state index in [0.717, 1.165) is 16.3 Å². The van der Waals surface area contributed by atoms with Crippen LogP contribution in [0.15, 0.2) is 29.6 Å². The lowest BCUT2D eigenvalue weighted by Gasteiger charge is -2.08. The van der Waals surface area contributed by atoms with Crippen LogP contribution in [0, 0.1) is 23.1 Å². The molecule has 2 aromatic rings. The molecule has 92 valence electrons. The highest BCUT2D eigenvalue weighted by atomic mass is 32.1. The number of nitrogens with zero attached hydrogens (tertiary/aromatic N) is 2. The summed E-state index contributed by atoms with van der Waals surface area (Å²) in [5.74, 6) is -0.197. The Balaban J connectivity index is 2.31. The first-order chi connectivity index (χ1) is 8.61. The Morgan fingerprint density at radius 2 is 1.94 bits per heavy atom. The molecule has 0 radical (unpaired) electrons. The zero-order valence-electron chi connectivity index (χ0n) is 10.2. The van der Waals surface area contributed by atoms with Gasteiger partial charge in [0, 0.05) is 10.9 Å². The van der Waals surface area contributed by atoms with Crippen molar-refractivity contribution in [2.45, 2.75) is 19.8 Å². The standard InChI is InChI=1S/C14H13FN2S/c1-9(2)12(7-16)14-17-13(8-18-14)10-3-5-11(15)6-4-10/h3-6,8-9,12H,1-2H3. The fourth-order valence-electron chi connectivity index (χ4n) is 1.67. The molecule has 0 aliphatic rings. The maximum atomic E-state index is 12.8. The van der Waals surface area contributed by atoms with E-state index in [2.05, 4.69) is 11.1 Å². The first-order valence-electron chi connectivity index (χ1n) is 5.73. The van der Waals surface area contributed by atoms with Gasteiger partial charge >= 0.3 is 0 Å². The molecule has 0 spiro atoms. The van der Waals surface area contributed by atoms with Crippen molar-refractivity contribution in [3.63, 3.8) is 0 Å². The molecule has 0 N–H and O–H groups in total. The largest absolute Gasteiger partial charge is 0.240 e. The highest BCUT2D eigenvalue weighted by Crippen LogP contribution is 2.30. The van der Waals surface area contributed by atoms with Crippen LogP contribution in [0.4, 0.5) is 4.39 Å². The number of hydrogen-bond donors (Lipinski definition) is 0. The molecule has 0 saturated heterocycles. The molecule has 2 rings (SSSR count). The van der Waals surface area contributed by atoms with Crippen molar-refractivity contribution < 1.29 is 4.39 Å². The number of benzene rings is 1. The Labute approximate surface area is 110 Å². The average molecular weight is 260 g/mol. The molecule has 1 atom stereocenters. The lowest BCUT2D eigenvalue weighted by molar-refractivity contribution is 0.585. The van der Waals surface area contributed by atoms with Crippen LogP contribution < -0.4 is 0 Å². The molecule has 1 heterocycles. The molecule has 0 amide bonds. The molecule has 0 saturated carbocycles. The van der Waals surface area contributed by atoms with Gasteiger partial charge in [-0.2, -0.15) is 5.26 Å². The smallest absolute Gasteiger partial charge is 0.123 e. The Morgan fingerprint density at radius 1 is 1.28 bits per heavy atom. The normalized spacial score (nSPS) is 12.4. The Bertz CT molecular complexity index is 566. The van der Waals surface area contributed by atoms with Gasteiger partial charge in [0.05, 0.1) is 11.8 Å². The van der Waals surface area contributed by atoms with E-state index >= 15 is 0 Å². The monoisotopic (exact) mass is 260 g/mol. The summed E-state index contributed by atoms with van der Waals surface area (Å²) >= 11 is 1.48. The van der Waals surface area contributed by atoms with Crippen LogP contribution in [0.1, 0.15) is 24.8 Å². The molecule has 1 aromatic heterocycles. The molecule has 0 aliphatic heterocycles. The Kier molecular flexibility index (Phi) is 3.73. The number of rotatable bonds is 3. The van der Waals surface area contributed by atoms with E-state index in [0.29, 0.717) is 0 Å². The maximum Gasteiger partial charge on any atom is 0.123 e. The molecule has 1 aromatic carbocycles. The maximum absolute atomic E-state index is 12.8. The molecule has 4 heteroatoms. The van der Waals surface area contributed by atoms with Gasteiger partial charge in [-0.15, -0.1) is 11.3 Å². The second-order valence-corrected chi connectivity index (χ2v) is 5.32. The van der Waals surface area contributed by atoms with E-state index in [1.807, 2.05) is 19.2 Å². The molecule has 0 bridgehead atoms. The van der Waals surface area contributed by atoms with E-state index in [1.54, 1.807) is 12.1 Å². The van der Waals surface area contributed by atoms with Crippen molar-refractivity contribution in [1.82, 2.24) is 4.98 Å². The second-order valence-electron chi connectivity index (χ2n) is 4.43. The number of halogens is 1. The summed E-state index contributed by atoms with van der Waals surface area (Å²) in [4.78, 5) is 4.48. The highest BCUT2D eigenvalue weighted by Gasteiger charge is 2.19. The summed E-state index contributed by atoms with van der Waals surface area (Å²) < 4.78 is 12.8. The Hall–Kier alpha value is -1.73. The minimum Gasteiger partial charge on any atom is -0.240 e. The summed E-state index contributed by atoms with van der Waals surface area (Å²) in [6.45, 7) is 4.01. The zero-order valence-corrected chi connectivity index (χ0v) is 11.0. The number of nitriles is 1. The predicted octanol–water partition coefficient (Wildman–Crippen LogP) is 4.21. The fourth-order valence-corrected chi connectivity index (χ4v) is 2.72. The van der Waals surface area contributed by atoms with Gasteiger partial charge in [0.1, 0.15) is 16.7 Å². The van der Waals surface area contributed by atoms with Crippen LogP contribution in [0.5, 0.6) is 0 Å². The van der Waals surface area contributed by atoms with Crippen LogP contribution in [0.2, 0.25) is 0 Å². The van der Waals surface area contributed by atoms with E-state index in [9.17, 15) is 4.39 Å². The van der Waals surface area contributed by atoms with Gasteiger partial charge in [0.2, 0.25) is 0 Å². The summed E-state index contributed by atoms with van der Waals surface area (Å²) in [5.41, 5.74) is 1.68. The number of thiazole rings is 1. The van der Waals surface area contributed by atoms with Crippen molar-refractivity contribution in [3.05, 3.63) is 40.5 Å². The first kappa shape index (κ1) is 12.7. The Morgan fingerprint density at radius 3 is 2.50 bits per heavy atom. The van der Waals surface area contributed by atoms with Crippen molar-refractivity contribution in [2.24, 2.45) is 5.92 Å². The minimum atomic E-state index is -0.258. The van der Waals surface area contributed by atoms with E-state index in [4.69, 9.17) is 5.26 Å². The lowest BCUT2D eigenvalue weighted by atomic mass is 9.98. The quantitative estimate of drug-likeness (QED) is 0.828. The van der Waals surface area contributed by atoms with Crippen LogP contribution >= 0.6 is 11.3 Å². The van der Waals surface area contributed by atoms with Crippen LogP contribution in [-0.2, 0) is 0 Å². The highest BCUT2D eigenvalue weighted by molar-refractivity contribution is 7.10. The van der Waals surface area contributed by atoms with Crippen LogP contribution in [0.25, 0.3) is 11.3 Å². The molecule has 0 fully saturated rings. The van der Waals surface area contributed by atoms with E-state index in [1.165, 1.54) is 23.5 Å². The van der Waals surface area contributed by atoms with Crippen molar-refractivity contribution in [2.75, 3.05) is 0 Å². The van der Waals surface area contributed by atoms with Gasteiger partial charge in [0.15, 0.2) is 0 Å². The number of aromatic nitrogens is 1. The van der Waals surface area contributed by atoms with Crippen molar-refractivity contribution in [3.8, 4) is 17.3 Å². The molecular weight excluding hydrogens is 247 g/mol. The van der Waals surface area contributed by atoms with Gasteiger partial charge in [-0.1, -0.05) is 13.8 Å². The second kappa shape index (κ2) is 5.28. The van der Waals surface area contributed by atoms with Crippen LogP contribution in [0.3, 0.4) is 0 Å². The summed E-state index contributed by atoms with van der Waals surface area (Å²) in [7, 11) is 0. The average Bonchev–Trinajstić information content (AvgIpc) is 2.80. The van der Waals surface area contributed by atoms with Gasteiger partial charge in [-0.05, 0) is 30.2 Å². The molecule has 1 unspecified atom stereocenters. The van der Waals surface area contributed by atoms with Gasteiger partial charge in [-0.3, -0.25) is 0 Å². The summed E-state index contributed by atoms with van der Waals surface area (Å²) in [6, 6.07) is 8.51. The van der Waals surface area contributed by atoms with E-state index < -0.39 is 0 Å². The third-order valence-corrected chi connectivity index (χ3v) is 3.66.